The van der Waals surface area contributed by atoms with Crippen molar-refractivity contribution in [3.05, 3.63) is 72.3 Å². The van der Waals surface area contributed by atoms with Gasteiger partial charge in [0.2, 0.25) is 0 Å². The van der Waals surface area contributed by atoms with E-state index in [0.717, 1.165) is 13.1 Å². The molecule has 0 spiro atoms. The van der Waals surface area contributed by atoms with Crippen molar-refractivity contribution in [2.45, 2.75) is 46.5 Å². The van der Waals surface area contributed by atoms with Gasteiger partial charge in [0.1, 0.15) is 0 Å². The molecule has 0 radical (unpaired) electrons. The maximum Gasteiger partial charge on any atom is 0.0420 e. The Morgan fingerprint density at radius 3 is 1.72 bits per heavy atom. The summed E-state index contributed by atoms with van der Waals surface area (Å²) in [6, 6.07) is 24.0. The lowest BCUT2D eigenvalue weighted by molar-refractivity contribution is 0.834. The van der Waals surface area contributed by atoms with E-state index >= 15 is 0 Å². The summed E-state index contributed by atoms with van der Waals surface area (Å²) in [5.41, 5.74) is 8.88. The number of hydrogen-bond acceptors (Lipinski definition) is 2. The molecule has 0 aliphatic carbocycles. The van der Waals surface area contributed by atoms with Crippen molar-refractivity contribution in [2.75, 3.05) is 23.7 Å². The summed E-state index contributed by atoms with van der Waals surface area (Å²) in [5.74, 6) is 0. The van der Waals surface area contributed by atoms with Crippen molar-refractivity contribution in [2.24, 2.45) is 0 Å². The minimum absolute atomic E-state index is 1.00. The number of aryl methyl sites for hydroxylation is 1. The van der Waals surface area contributed by atoms with Gasteiger partial charge >= 0.3 is 0 Å². The van der Waals surface area contributed by atoms with Crippen molar-refractivity contribution in [3.8, 4) is 22.3 Å². The highest BCUT2D eigenvalue weighted by Crippen LogP contribution is 2.40. The van der Waals surface area contributed by atoms with Gasteiger partial charge in [-0.05, 0) is 48.6 Å². The molecule has 0 aliphatic heterocycles. The van der Waals surface area contributed by atoms with E-state index in [2.05, 4.69) is 98.1 Å². The van der Waals surface area contributed by atoms with Crippen LogP contribution in [0, 0.1) is 6.92 Å². The first-order chi connectivity index (χ1) is 14.3. The summed E-state index contributed by atoms with van der Waals surface area (Å²) < 4.78 is 0. The van der Waals surface area contributed by atoms with Crippen LogP contribution in [0.1, 0.15) is 45.1 Å². The molecule has 2 nitrogen and oxygen atoms in total. The lowest BCUT2D eigenvalue weighted by atomic mass is 9.89. The molecule has 0 saturated carbocycles. The van der Waals surface area contributed by atoms with Gasteiger partial charge in [0.25, 0.3) is 0 Å². The Morgan fingerprint density at radius 1 is 0.586 bits per heavy atom. The van der Waals surface area contributed by atoms with Crippen LogP contribution >= 0.6 is 0 Å². The van der Waals surface area contributed by atoms with Crippen LogP contribution in [0.4, 0.5) is 11.4 Å². The van der Waals surface area contributed by atoms with E-state index in [9.17, 15) is 0 Å². The van der Waals surface area contributed by atoms with Crippen LogP contribution in [0.2, 0.25) is 0 Å². The molecule has 0 aliphatic rings. The normalized spacial score (nSPS) is 10.7. The van der Waals surface area contributed by atoms with Crippen molar-refractivity contribution in [3.63, 3.8) is 0 Å². The Morgan fingerprint density at radius 2 is 1.10 bits per heavy atom. The zero-order chi connectivity index (χ0) is 20.5. The van der Waals surface area contributed by atoms with E-state index < -0.39 is 0 Å². The van der Waals surface area contributed by atoms with Gasteiger partial charge in [-0.3, -0.25) is 0 Å². The van der Waals surface area contributed by atoms with Gasteiger partial charge in [0, 0.05) is 35.6 Å². The van der Waals surface area contributed by atoms with Gasteiger partial charge in [-0.2, -0.15) is 0 Å². The summed E-state index contributed by atoms with van der Waals surface area (Å²) in [6.45, 7) is 8.69. The summed E-state index contributed by atoms with van der Waals surface area (Å²) in [6.07, 6.45) is 4.75. The molecule has 0 amide bonds. The largest absolute Gasteiger partial charge is 0.385 e. The molecule has 0 fully saturated rings. The molecule has 0 aromatic heterocycles. The maximum atomic E-state index is 3.66. The Hall–Kier alpha value is -2.74. The Balaban J connectivity index is 2.07. The first kappa shape index (κ1) is 21.0. The maximum absolute atomic E-state index is 3.66. The minimum Gasteiger partial charge on any atom is -0.385 e. The molecule has 2 heteroatoms. The predicted molar refractivity (Wildman–Crippen MR) is 129 cm³/mol. The smallest absolute Gasteiger partial charge is 0.0420 e. The molecule has 3 rings (SSSR count). The van der Waals surface area contributed by atoms with Crippen LogP contribution in [-0.2, 0) is 0 Å². The second-order valence-electron chi connectivity index (χ2n) is 7.65. The first-order valence-corrected chi connectivity index (χ1v) is 11.0. The van der Waals surface area contributed by atoms with Gasteiger partial charge in [-0.15, -0.1) is 0 Å². The molecule has 3 aromatic rings. The molecule has 0 saturated heterocycles. The van der Waals surface area contributed by atoms with E-state index in [1.165, 1.54) is 64.9 Å². The molecule has 152 valence electrons. The number of rotatable bonds is 10. The van der Waals surface area contributed by atoms with Crippen molar-refractivity contribution < 1.29 is 0 Å². The van der Waals surface area contributed by atoms with E-state index in [1.54, 1.807) is 0 Å². The predicted octanol–water partition coefficient (Wildman–Crippen LogP) is 7.75. The first-order valence-electron chi connectivity index (χ1n) is 11.0. The van der Waals surface area contributed by atoms with Gasteiger partial charge in [-0.25, -0.2) is 0 Å². The number of anilines is 2. The van der Waals surface area contributed by atoms with Crippen molar-refractivity contribution in [1.29, 1.82) is 0 Å². The van der Waals surface area contributed by atoms with Gasteiger partial charge < -0.3 is 10.6 Å². The average Bonchev–Trinajstić information content (AvgIpc) is 2.75. The summed E-state index contributed by atoms with van der Waals surface area (Å²) in [4.78, 5) is 0. The van der Waals surface area contributed by atoms with Crippen molar-refractivity contribution in [1.82, 2.24) is 0 Å². The van der Waals surface area contributed by atoms with Gasteiger partial charge in [0.15, 0.2) is 0 Å². The highest BCUT2D eigenvalue weighted by Gasteiger charge is 2.15. The number of nitrogens with one attached hydrogen (secondary N) is 2. The molecule has 0 heterocycles. The highest BCUT2D eigenvalue weighted by molar-refractivity contribution is 5.94. The number of unbranched alkanes of at least 4 members (excludes halogenated alkanes) is 2. The number of benzene rings is 3. The Kier molecular flexibility index (Phi) is 7.75. The third kappa shape index (κ3) is 5.20. The van der Waals surface area contributed by atoms with Crippen LogP contribution < -0.4 is 10.6 Å². The highest BCUT2D eigenvalue weighted by atomic mass is 14.9. The summed E-state index contributed by atoms with van der Waals surface area (Å²) >= 11 is 0. The van der Waals surface area contributed by atoms with Crippen LogP contribution in [0.15, 0.2) is 66.7 Å². The fraction of sp³-hybridized carbons (Fsp3) is 0.333. The Labute approximate surface area is 176 Å². The number of hydrogen-bond donors (Lipinski definition) is 2. The third-order valence-corrected chi connectivity index (χ3v) is 5.38. The summed E-state index contributed by atoms with van der Waals surface area (Å²) in [5, 5.41) is 7.31. The topological polar surface area (TPSA) is 24.1 Å². The van der Waals surface area contributed by atoms with Gasteiger partial charge in [-0.1, -0.05) is 81.3 Å². The summed E-state index contributed by atoms with van der Waals surface area (Å²) in [7, 11) is 0. The standard InChI is InChI=1S/C27H34N2/c1-4-6-19-28-25-17-10-8-14-22(25)23-16-12-13-21(3)27(23)24-15-9-11-18-26(24)29-20-7-5-2/h8-18,28-29H,4-7,19-20H2,1-3H3. The molecule has 29 heavy (non-hydrogen) atoms. The molecule has 0 atom stereocenters. The van der Waals surface area contributed by atoms with Gasteiger partial charge in [0.05, 0.1) is 0 Å². The molecule has 0 bridgehead atoms. The molecule has 3 aromatic carbocycles. The fourth-order valence-electron chi connectivity index (χ4n) is 3.78. The van der Waals surface area contributed by atoms with Crippen LogP contribution in [0.25, 0.3) is 22.3 Å². The minimum atomic E-state index is 1.00. The lowest BCUT2D eigenvalue weighted by Crippen LogP contribution is -2.04. The van der Waals surface area contributed by atoms with E-state index in [1.807, 2.05) is 0 Å². The second-order valence-corrected chi connectivity index (χ2v) is 7.65. The van der Waals surface area contributed by atoms with E-state index in [-0.39, 0.29) is 0 Å². The zero-order valence-electron chi connectivity index (χ0n) is 18.1. The quantitative estimate of drug-likeness (QED) is 0.348. The lowest BCUT2D eigenvalue weighted by Gasteiger charge is -2.20. The molecule has 2 N–H and O–H groups in total. The monoisotopic (exact) mass is 386 g/mol. The fourth-order valence-corrected chi connectivity index (χ4v) is 3.78. The molecular formula is C27H34N2. The average molecular weight is 387 g/mol. The zero-order valence-corrected chi connectivity index (χ0v) is 18.1. The Bertz CT molecular complexity index is 914. The second kappa shape index (κ2) is 10.7. The molecular weight excluding hydrogens is 352 g/mol. The van der Waals surface area contributed by atoms with Crippen LogP contribution in [0.3, 0.4) is 0 Å². The van der Waals surface area contributed by atoms with Crippen molar-refractivity contribution >= 4 is 11.4 Å². The van der Waals surface area contributed by atoms with Crippen LogP contribution in [0.5, 0.6) is 0 Å². The third-order valence-electron chi connectivity index (χ3n) is 5.38. The van der Waals surface area contributed by atoms with Crippen LogP contribution in [-0.4, -0.2) is 13.1 Å². The number of para-hydroxylation sites is 2. The van der Waals surface area contributed by atoms with E-state index in [0.29, 0.717) is 0 Å². The van der Waals surface area contributed by atoms with E-state index in [4.69, 9.17) is 0 Å². The SMILES string of the molecule is CCCCNc1ccccc1-c1cccc(C)c1-c1ccccc1NCCCC. The molecule has 0 unspecified atom stereocenters.